The molecule has 1 aromatic carbocycles. The molecule has 0 saturated carbocycles. The summed E-state index contributed by atoms with van der Waals surface area (Å²) in [4.78, 5) is 4.17. The quantitative estimate of drug-likeness (QED) is 0.821. The molecule has 0 fully saturated rings. The second-order valence-corrected chi connectivity index (χ2v) is 4.25. The molecule has 4 heteroatoms. The molecule has 0 atom stereocenters. The first-order valence-electron chi connectivity index (χ1n) is 6.26. The molecule has 18 heavy (non-hydrogen) atoms. The Bertz CT molecular complexity index is 493. The summed E-state index contributed by atoms with van der Waals surface area (Å²) in [7, 11) is 0. The molecule has 0 spiro atoms. The second kappa shape index (κ2) is 6.21. The maximum absolute atomic E-state index is 9.26. The number of para-hydroxylation sites is 1. The number of aryl methyl sites for hydroxylation is 1. The smallest absolute Gasteiger partial charge is 0.0948 e. The third kappa shape index (κ3) is 2.90. The van der Waals surface area contributed by atoms with Gasteiger partial charge in [-0.1, -0.05) is 25.1 Å². The molecule has 0 radical (unpaired) electrons. The average molecular weight is 245 g/mol. The minimum absolute atomic E-state index is 0.0530. The predicted molar refractivity (Wildman–Crippen MR) is 72.2 cm³/mol. The van der Waals surface area contributed by atoms with Crippen molar-refractivity contribution >= 4 is 5.69 Å². The van der Waals surface area contributed by atoms with Gasteiger partial charge in [-0.3, -0.25) is 0 Å². The van der Waals surface area contributed by atoms with Crippen molar-refractivity contribution in [3.8, 4) is 0 Å². The normalized spacial score (nSPS) is 10.6. The van der Waals surface area contributed by atoms with Gasteiger partial charge in [0.05, 0.1) is 25.2 Å². The fraction of sp³-hybridized carbons (Fsp3) is 0.357. The molecular formula is C14H19N3O. The monoisotopic (exact) mass is 245 g/mol. The van der Waals surface area contributed by atoms with Gasteiger partial charge in [0.2, 0.25) is 0 Å². The van der Waals surface area contributed by atoms with Crippen molar-refractivity contribution in [1.82, 2.24) is 9.55 Å². The number of anilines is 1. The van der Waals surface area contributed by atoms with Gasteiger partial charge in [0.15, 0.2) is 0 Å². The Morgan fingerprint density at radius 2 is 2.17 bits per heavy atom. The maximum Gasteiger partial charge on any atom is 0.0948 e. The van der Waals surface area contributed by atoms with Gasteiger partial charge in [-0.2, -0.15) is 0 Å². The highest BCUT2D eigenvalue weighted by atomic mass is 16.3. The molecule has 2 aromatic rings. The van der Waals surface area contributed by atoms with E-state index in [2.05, 4.69) is 21.8 Å². The van der Waals surface area contributed by atoms with Crippen LogP contribution in [0.25, 0.3) is 0 Å². The highest BCUT2D eigenvalue weighted by Gasteiger charge is 2.03. The molecule has 1 aromatic heterocycles. The Kier molecular flexibility index (Phi) is 4.36. The molecule has 1 heterocycles. The summed E-state index contributed by atoms with van der Waals surface area (Å²) in [6.07, 6.45) is 4.83. The van der Waals surface area contributed by atoms with E-state index in [9.17, 15) is 5.11 Å². The first kappa shape index (κ1) is 12.6. The summed E-state index contributed by atoms with van der Waals surface area (Å²) in [6.45, 7) is 3.91. The van der Waals surface area contributed by atoms with Crippen LogP contribution in [0.3, 0.4) is 0 Å². The molecule has 0 aliphatic carbocycles. The molecule has 0 amide bonds. The Morgan fingerprint density at radius 1 is 1.33 bits per heavy atom. The van der Waals surface area contributed by atoms with Crippen molar-refractivity contribution in [3.63, 3.8) is 0 Å². The summed E-state index contributed by atoms with van der Waals surface area (Å²) in [5, 5.41) is 12.6. The van der Waals surface area contributed by atoms with Gasteiger partial charge in [-0.05, 0) is 12.5 Å². The molecule has 0 saturated heterocycles. The highest BCUT2D eigenvalue weighted by molar-refractivity contribution is 5.50. The van der Waals surface area contributed by atoms with Crippen LogP contribution in [0.4, 0.5) is 5.69 Å². The van der Waals surface area contributed by atoms with E-state index in [-0.39, 0.29) is 6.61 Å². The van der Waals surface area contributed by atoms with E-state index in [1.165, 1.54) is 0 Å². The molecule has 0 aliphatic heterocycles. The van der Waals surface area contributed by atoms with Crippen molar-refractivity contribution in [2.24, 2.45) is 0 Å². The van der Waals surface area contributed by atoms with Crippen LogP contribution in [0.15, 0.2) is 36.8 Å². The predicted octanol–water partition coefficient (Wildman–Crippen LogP) is 2.40. The van der Waals surface area contributed by atoms with Crippen LogP contribution < -0.4 is 5.32 Å². The third-order valence-corrected chi connectivity index (χ3v) is 2.91. The molecule has 0 aliphatic rings. The van der Waals surface area contributed by atoms with Gasteiger partial charge in [0.25, 0.3) is 0 Å². The first-order chi connectivity index (χ1) is 8.85. The van der Waals surface area contributed by atoms with Crippen molar-refractivity contribution < 1.29 is 5.11 Å². The van der Waals surface area contributed by atoms with Crippen molar-refractivity contribution in [2.75, 3.05) is 5.32 Å². The number of rotatable bonds is 6. The van der Waals surface area contributed by atoms with E-state index in [0.717, 1.165) is 36.5 Å². The van der Waals surface area contributed by atoms with Crippen LogP contribution in [0.1, 0.15) is 24.6 Å². The first-order valence-corrected chi connectivity index (χ1v) is 6.26. The summed E-state index contributed by atoms with van der Waals surface area (Å²) >= 11 is 0. The standard InChI is InChI=1S/C14H19N3O/c1-2-7-17-11-15-8-13(17)9-16-14-6-4-3-5-12(14)10-18/h3-6,8,11,16,18H,2,7,9-10H2,1H3. The second-order valence-electron chi connectivity index (χ2n) is 4.25. The maximum atomic E-state index is 9.26. The van der Waals surface area contributed by atoms with Crippen LogP contribution in [0.2, 0.25) is 0 Å². The zero-order valence-corrected chi connectivity index (χ0v) is 10.6. The van der Waals surface area contributed by atoms with Crippen molar-refractivity contribution in [1.29, 1.82) is 0 Å². The number of hydrogen-bond acceptors (Lipinski definition) is 3. The molecular weight excluding hydrogens is 226 g/mol. The van der Waals surface area contributed by atoms with Crippen LogP contribution in [-0.4, -0.2) is 14.7 Å². The Balaban J connectivity index is 2.04. The topological polar surface area (TPSA) is 50.1 Å². The Labute approximate surface area is 107 Å². The van der Waals surface area contributed by atoms with E-state index < -0.39 is 0 Å². The fourth-order valence-corrected chi connectivity index (χ4v) is 1.95. The summed E-state index contributed by atoms with van der Waals surface area (Å²) in [6, 6.07) is 7.79. The SMILES string of the molecule is CCCn1cncc1CNc1ccccc1CO. The van der Waals surface area contributed by atoms with Crippen LogP contribution in [-0.2, 0) is 19.7 Å². The van der Waals surface area contributed by atoms with E-state index >= 15 is 0 Å². The number of hydrogen-bond donors (Lipinski definition) is 2. The summed E-state index contributed by atoms with van der Waals surface area (Å²) in [5.41, 5.74) is 3.05. The zero-order valence-electron chi connectivity index (χ0n) is 10.6. The van der Waals surface area contributed by atoms with Gasteiger partial charge in [0, 0.05) is 24.0 Å². The largest absolute Gasteiger partial charge is 0.392 e. The van der Waals surface area contributed by atoms with Crippen molar-refractivity contribution in [3.05, 3.63) is 48.0 Å². The molecule has 96 valence electrons. The van der Waals surface area contributed by atoms with Gasteiger partial charge in [-0.15, -0.1) is 0 Å². The van der Waals surface area contributed by atoms with Crippen LogP contribution in [0.5, 0.6) is 0 Å². The van der Waals surface area contributed by atoms with Crippen molar-refractivity contribution in [2.45, 2.75) is 33.0 Å². The van der Waals surface area contributed by atoms with Crippen LogP contribution in [0, 0.1) is 0 Å². The number of benzene rings is 1. The highest BCUT2D eigenvalue weighted by Crippen LogP contribution is 2.16. The summed E-state index contributed by atoms with van der Waals surface area (Å²) < 4.78 is 2.15. The van der Waals surface area contributed by atoms with Gasteiger partial charge < -0.3 is 15.0 Å². The number of aliphatic hydroxyl groups is 1. The fourth-order valence-electron chi connectivity index (χ4n) is 1.95. The minimum atomic E-state index is 0.0530. The van der Waals surface area contributed by atoms with E-state index in [4.69, 9.17) is 0 Å². The number of aromatic nitrogens is 2. The van der Waals surface area contributed by atoms with E-state index in [1.54, 1.807) is 0 Å². The molecule has 2 rings (SSSR count). The number of imidazole rings is 1. The number of nitrogens with zero attached hydrogens (tertiary/aromatic N) is 2. The Morgan fingerprint density at radius 3 is 2.94 bits per heavy atom. The number of nitrogens with one attached hydrogen (secondary N) is 1. The molecule has 2 N–H and O–H groups in total. The van der Waals surface area contributed by atoms with Gasteiger partial charge in [-0.25, -0.2) is 4.98 Å². The van der Waals surface area contributed by atoms with Gasteiger partial charge >= 0.3 is 0 Å². The molecule has 4 nitrogen and oxygen atoms in total. The minimum Gasteiger partial charge on any atom is -0.392 e. The molecule has 0 unspecified atom stereocenters. The lowest BCUT2D eigenvalue weighted by Gasteiger charge is -2.11. The van der Waals surface area contributed by atoms with Crippen LogP contribution >= 0.6 is 0 Å². The Hall–Kier alpha value is -1.81. The average Bonchev–Trinajstić information content (AvgIpc) is 2.84. The van der Waals surface area contributed by atoms with E-state index in [1.807, 2.05) is 36.8 Å². The third-order valence-electron chi connectivity index (χ3n) is 2.91. The lowest BCUT2D eigenvalue weighted by atomic mass is 10.2. The number of aliphatic hydroxyl groups excluding tert-OH is 1. The lowest BCUT2D eigenvalue weighted by Crippen LogP contribution is -2.08. The van der Waals surface area contributed by atoms with Gasteiger partial charge in [0.1, 0.15) is 0 Å². The van der Waals surface area contributed by atoms with E-state index in [0.29, 0.717) is 0 Å². The zero-order chi connectivity index (χ0) is 12.8. The summed E-state index contributed by atoms with van der Waals surface area (Å²) in [5.74, 6) is 0. The lowest BCUT2D eigenvalue weighted by molar-refractivity contribution is 0.282. The molecule has 0 bridgehead atoms.